The van der Waals surface area contributed by atoms with Gasteiger partial charge in [-0.15, -0.1) is 0 Å². The first-order valence-electron chi connectivity index (χ1n) is 6.21. The molecule has 1 N–H and O–H groups in total. The van der Waals surface area contributed by atoms with Crippen molar-refractivity contribution in [3.05, 3.63) is 34.6 Å². The Kier molecular flexibility index (Phi) is 4.25. The molecule has 1 saturated carbocycles. The van der Waals surface area contributed by atoms with E-state index in [-0.39, 0.29) is 11.9 Å². The summed E-state index contributed by atoms with van der Waals surface area (Å²) in [6, 6.07) is 4.26. The van der Waals surface area contributed by atoms with Crippen molar-refractivity contribution in [2.75, 3.05) is 7.11 Å². The van der Waals surface area contributed by atoms with Crippen molar-refractivity contribution < 1.29 is 14.2 Å². The Morgan fingerprint density at radius 3 is 3.06 bits per heavy atom. The number of benzene rings is 1. The summed E-state index contributed by atoms with van der Waals surface area (Å²) < 4.78 is 18.5. The fraction of sp³-hybridized carbons (Fsp3) is 0.571. The van der Waals surface area contributed by atoms with Crippen LogP contribution in [0.1, 0.15) is 31.2 Å². The van der Waals surface area contributed by atoms with Gasteiger partial charge in [-0.3, -0.25) is 0 Å². The number of hydrogen-bond acceptors (Lipinski definition) is 2. The first kappa shape index (κ1) is 13.8. The van der Waals surface area contributed by atoms with E-state index < -0.39 is 5.60 Å². The lowest BCUT2D eigenvalue weighted by Gasteiger charge is -2.36. The third kappa shape index (κ3) is 3.22. The molecule has 1 aliphatic carbocycles. The topological polar surface area (TPSA) is 29.5 Å². The van der Waals surface area contributed by atoms with Crippen LogP contribution in [0.2, 0.25) is 5.02 Å². The molecule has 18 heavy (non-hydrogen) atoms. The molecule has 1 aromatic carbocycles. The van der Waals surface area contributed by atoms with E-state index in [2.05, 4.69) is 0 Å². The highest BCUT2D eigenvalue weighted by molar-refractivity contribution is 6.31. The van der Waals surface area contributed by atoms with E-state index in [0.717, 1.165) is 12.8 Å². The van der Waals surface area contributed by atoms with Gasteiger partial charge in [-0.2, -0.15) is 0 Å². The van der Waals surface area contributed by atoms with Crippen LogP contribution in [0.15, 0.2) is 18.2 Å². The number of ether oxygens (including phenoxy) is 1. The van der Waals surface area contributed by atoms with Crippen LogP contribution in [0.5, 0.6) is 0 Å². The zero-order chi connectivity index (χ0) is 13.2. The lowest BCUT2D eigenvalue weighted by Crippen LogP contribution is -2.40. The highest BCUT2D eigenvalue weighted by atomic mass is 35.5. The summed E-state index contributed by atoms with van der Waals surface area (Å²) in [6.07, 6.45) is 3.63. The third-order valence-corrected chi connectivity index (χ3v) is 4.01. The van der Waals surface area contributed by atoms with Crippen molar-refractivity contribution in [3.63, 3.8) is 0 Å². The second kappa shape index (κ2) is 5.55. The summed E-state index contributed by atoms with van der Waals surface area (Å²) in [5.74, 6) is -0.322. The van der Waals surface area contributed by atoms with Crippen molar-refractivity contribution in [2.24, 2.45) is 0 Å². The maximum atomic E-state index is 13.2. The minimum absolute atomic E-state index is 0.0797. The van der Waals surface area contributed by atoms with Gasteiger partial charge < -0.3 is 9.84 Å². The van der Waals surface area contributed by atoms with E-state index in [1.807, 2.05) is 0 Å². The molecule has 0 bridgehead atoms. The smallest absolute Gasteiger partial charge is 0.123 e. The second-order valence-electron chi connectivity index (χ2n) is 5.09. The first-order valence-corrected chi connectivity index (χ1v) is 6.59. The average molecular weight is 273 g/mol. The number of methoxy groups -OCH3 is 1. The van der Waals surface area contributed by atoms with Crippen molar-refractivity contribution in [1.29, 1.82) is 0 Å². The number of hydrogen-bond donors (Lipinski definition) is 1. The zero-order valence-electron chi connectivity index (χ0n) is 10.5. The molecule has 0 aliphatic heterocycles. The molecule has 2 unspecified atom stereocenters. The van der Waals surface area contributed by atoms with Gasteiger partial charge in [0.25, 0.3) is 0 Å². The highest BCUT2D eigenvalue weighted by Gasteiger charge is 2.35. The van der Waals surface area contributed by atoms with Gasteiger partial charge in [0.2, 0.25) is 0 Å². The van der Waals surface area contributed by atoms with E-state index in [1.165, 1.54) is 18.2 Å². The number of halogens is 2. The predicted molar refractivity (Wildman–Crippen MR) is 69.3 cm³/mol. The van der Waals surface area contributed by atoms with Crippen molar-refractivity contribution >= 4 is 11.6 Å². The quantitative estimate of drug-likeness (QED) is 0.914. The Morgan fingerprint density at radius 1 is 1.56 bits per heavy atom. The molecule has 0 heterocycles. The molecule has 2 nitrogen and oxygen atoms in total. The summed E-state index contributed by atoms with van der Waals surface area (Å²) >= 11 is 6.04. The summed E-state index contributed by atoms with van der Waals surface area (Å²) in [4.78, 5) is 0. The zero-order valence-corrected chi connectivity index (χ0v) is 11.2. The Balaban J connectivity index is 2.14. The molecule has 0 spiro atoms. The molecule has 2 atom stereocenters. The summed E-state index contributed by atoms with van der Waals surface area (Å²) in [7, 11) is 1.66. The van der Waals surface area contributed by atoms with Gasteiger partial charge in [0.15, 0.2) is 0 Å². The highest BCUT2D eigenvalue weighted by Crippen LogP contribution is 2.34. The maximum absolute atomic E-state index is 13.2. The molecule has 1 aliphatic rings. The average Bonchev–Trinajstić information content (AvgIpc) is 2.33. The number of aliphatic hydroxyl groups is 1. The van der Waals surface area contributed by atoms with Gasteiger partial charge >= 0.3 is 0 Å². The van der Waals surface area contributed by atoms with Gasteiger partial charge in [0.05, 0.1) is 11.7 Å². The van der Waals surface area contributed by atoms with Crippen LogP contribution in [0.3, 0.4) is 0 Å². The predicted octanol–water partition coefficient (Wildman–Crippen LogP) is 3.34. The Labute approximate surface area is 112 Å². The van der Waals surface area contributed by atoms with Gasteiger partial charge in [0.1, 0.15) is 5.82 Å². The van der Waals surface area contributed by atoms with Crippen LogP contribution in [-0.2, 0) is 11.2 Å². The van der Waals surface area contributed by atoms with E-state index in [9.17, 15) is 9.50 Å². The largest absolute Gasteiger partial charge is 0.389 e. The standard InChI is InChI=1S/C14H18ClFO2/c1-18-12-3-2-6-14(17,9-12)8-10-7-11(16)4-5-13(10)15/h4-5,7,12,17H,2-3,6,8-9H2,1H3. The second-order valence-corrected chi connectivity index (χ2v) is 5.50. The lowest BCUT2D eigenvalue weighted by molar-refractivity contribution is -0.0581. The number of rotatable bonds is 3. The summed E-state index contributed by atoms with van der Waals surface area (Å²) in [5.41, 5.74) is -0.174. The van der Waals surface area contributed by atoms with Gasteiger partial charge in [-0.25, -0.2) is 4.39 Å². The minimum Gasteiger partial charge on any atom is -0.389 e. The SMILES string of the molecule is COC1CCCC(O)(Cc2cc(F)ccc2Cl)C1. The molecule has 100 valence electrons. The molecule has 0 amide bonds. The maximum Gasteiger partial charge on any atom is 0.123 e. The minimum atomic E-state index is -0.837. The monoisotopic (exact) mass is 272 g/mol. The van der Waals surface area contributed by atoms with Gasteiger partial charge in [-0.1, -0.05) is 11.6 Å². The Morgan fingerprint density at radius 2 is 2.33 bits per heavy atom. The van der Waals surface area contributed by atoms with E-state index in [1.54, 1.807) is 7.11 Å². The van der Waals surface area contributed by atoms with E-state index >= 15 is 0 Å². The van der Waals surface area contributed by atoms with Crippen LogP contribution < -0.4 is 0 Å². The molecule has 1 fully saturated rings. The van der Waals surface area contributed by atoms with Gasteiger partial charge in [0, 0.05) is 25.0 Å². The summed E-state index contributed by atoms with van der Waals surface area (Å²) in [6.45, 7) is 0. The van der Waals surface area contributed by atoms with Crippen LogP contribution in [0, 0.1) is 5.82 Å². The molecule has 0 aromatic heterocycles. The Hall–Kier alpha value is -0.640. The van der Waals surface area contributed by atoms with Crippen LogP contribution >= 0.6 is 11.6 Å². The molecule has 2 rings (SSSR count). The molecule has 0 radical (unpaired) electrons. The third-order valence-electron chi connectivity index (χ3n) is 3.64. The molecular formula is C14H18ClFO2. The molecular weight excluding hydrogens is 255 g/mol. The first-order chi connectivity index (χ1) is 8.52. The normalized spacial score (nSPS) is 28.3. The fourth-order valence-corrected chi connectivity index (χ4v) is 2.87. The summed E-state index contributed by atoms with van der Waals surface area (Å²) in [5, 5.41) is 11.1. The lowest BCUT2D eigenvalue weighted by atomic mass is 9.79. The molecule has 4 heteroatoms. The van der Waals surface area contributed by atoms with Crippen LogP contribution in [0.4, 0.5) is 4.39 Å². The van der Waals surface area contributed by atoms with Crippen molar-refractivity contribution in [2.45, 2.75) is 43.8 Å². The van der Waals surface area contributed by atoms with Gasteiger partial charge in [-0.05, 0) is 43.0 Å². The Bertz CT molecular complexity index is 424. The fourth-order valence-electron chi connectivity index (χ4n) is 2.68. The van der Waals surface area contributed by atoms with Crippen LogP contribution in [0.25, 0.3) is 0 Å². The molecule has 0 saturated heterocycles. The van der Waals surface area contributed by atoms with Crippen molar-refractivity contribution in [3.8, 4) is 0 Å². The van der Waals surface area contributed by atoms with E-state index in [0.29, 0.717) is 29.8 Å². The van der Waals surface area contributed by atoms with Crippen molar-refractivity contribution in [1.82, 2.24) is 0 Å². The molecule has 1 aromatic rings. The van der Waals surface area contributed by atoms with E-state index in [4.69, 9.17) is 16.3 Å². The van der Waals surface area contributed by atoms with Crippen LogP contribution in [-0.4, -0.2) is 23.9 Å².